The van der Waals surface area contributed by atoms with Crippen molar-refractivity contribution in [3.05, 3.63) is 34.4 Å². The number of hydrogen-bond acceptors (Lipinski definition) is 3. The van der Waals surface area contributed by atoms with E-state index in [0.717, 1.165) is 22.3 Å². The van der Waals surface area contributed by atoms with Crippen molar-refractivity contribution in [3.63, 3.8) is 0 Å². The summed E-state index contributed by atoms with van der Waals surface area (Å²) in [7, 11) is 1.20. The van der Waals surface area contributed by atoms with Crippen molar-refractivity contribution < 1.29 is 19.4 Å². The predicted molar refractivity (Wildman–Crippen MR) is 67.5 cm³/mol. The maximum Gasteiger partial charge on any atom is 0.320 e. The number of esters is 1. The zero-order chi connectivity index (χ0) is 13.9. The molecule has 0 fully saturated rings. The smallest absolute Gasteiger partial charge is 0.320 e. The third-order valence-corrected chi connectivity index (χ3v) is 3.03. The van der Waals surface area contributed by atoms with Gasteiger partial charge in [-0.2, -0.15) is 0 Å². The van der Waals surface area contributed by atoms with Crippen LogP contribution >= 0.6 is 0 Å². The van der Waals surface area contributed by atoms with Crippen LogP contribution in [0.3, 0.4) is 0 Å². The van der Waals surface area contributed by atoms with Gasteiger partial charge in [-0.3, -0.25) is 9.59 Å². The van der Waals surface area contributed by atoms with E-state index in [-0.39, 0.29) is 6.42 Å². The van der Waals surface area contributed by atoms with Gasteiger partial charge in [-0.05, 0) is 43.9 Å². The second-order valence-corrected chi connectivity index (χ2v) is 4.50. The maximum atomic E-state index is 11.4. The van der Waals surface area contributed by atoms with Crippen LogP contribution in [0.25, 0.3) is 0 Å². The lowest BCUT2D eigenvalue weighted by Gasteiger charge is -2.15. The zero-order valence-corrected chi connectivity index (χ0v) is 11.1. The van der Waals surface area contributed by atoms with Crippen LogP contribution in [0.15, 0.2) is 12.1 Å². The van der Waals surface area contributed by atoms with Gasteiger partial charge in [0.2, 0.25) is 0 Å². The van der Waals surface area contributed by atoms with E-state index in [1.165, 1.54) is 7.11 Å². The van der Waals surface area contributed by atoms with Gasteiger partial charge in [0, 0.05) is 0 Å². The topological polar surface area (TPSA) is 63.6 Å². The molecule has 1 atom stereocenters. The fourth-order valence-corrected chi connectivity index (χ4v) is 2.15. The van der Waals surface area contributed by atoms with Gasteiger partial charge in [0.1, 0.15) is 0 Å². The molecule has 0 heterocycles. The van der Waals surface area contributed by atoms with Crippen LogP contribution in [0.5, 0.6) is 0 Å². The van der Waals surface area contributed by atoms with Gasteiger partial charge < -0.3 is 9.84 Å². The zero-order valence-electron chi connectivity index (χ0n) is 11.1. The first-order valence-corrected chi connectivity index (χ1v) is 5.74. The van der Waals surface area contributed by atoms with Crippen molar-refractivity contribution in [3.8, 4) is 0 Å². The molecule has 0 aliphatic heterocycles. The van der Waals surface area contributed by atoms with Crippen LogP contribution < -0.4 is 0 Å². The van der Waals surface area contributed by atoms with Crippen molar-refractivity contribution in [1.82, 2.24) is 0 Å². The molecule has 1 aromatic rings. The van der Waals surface area contributed by atoms with Gasteiger partial charge in [-0.25, -0.2) is 0 Å². The first-order chi connectivity index (χ1) is 8.36. The second kappa shape index (κ2) is 5.67. The summed E-state index contributed by atoms with van der Waals surface area (Å²) >= 11 is 0. The van der Waals surface area contributed by atoms with Crippen LogP contribution in [0, 0.1) is 26.7 Å². The molecule has 0 aromatic heterocycles. The number of benzene rings is 1. The number of rotatable bonds is 4. The molecule has 0 bridgehead atoms. The number of ether oxygens (including phenoxy) is 1. The minimum atomic E-state index is -1.15. The molecule has 1 unspecified atom stereocenters. The predicted octanol–water partition coefficient (Wildman–Crippen LogP) is 2.03. The van der Waals surface area contributed by atoms with Crippen molar-refractivity contribution in [2.45, 2.75) is 27.2 Å². The van der Waals surface area contributed by atoms with Crippen LogP contribution in [0.4, 0.5) is 0 Å². The minimum absolute atomic E-state index is 0.167. The molecule has 0 aliphatic rings. The molecule has 18 heavy (non-hydrogen) atoms. The van der Waals surface area contributed by atoms with E-state index >= 15 is 0 Å². The van der Waals surface area contributed by atoms with Crippen LogP contribution in [-0.2, 0) is 20.7 Å². The summed E-state index contributed by atoms with van der Waals surface area (Å²) in [4.78, 5) is 22.5. The second-order valence-electron chi connectivity index (χ2n) is 4.50. The van der Waals surface area contributed by atoms with E-state index in [2.05, 4.69) is 4.74 Å². The summed E-state index contributed by atoms with van der Waals surface area (Å²) in [6, 6.07) is 3.97. The molecule has 98 valence electrons. The number of carboxylic acids is 1. The Kier molecular flexibility index (Phi) is 4.48. The summed E-state index contributed by atoms with van der Waals surface area (Å²) in [6.07, 6.45) is 0.167. The highest BCUT2D eigenvalue weighted by atomic mass is 16.5. The van der Waals surface area contributed by atoms with Gasteiger partial charge in [-0.15, -0.1) is 0 Å². The average Bonchev–Trinajstić information content (AvgIpc) is 2.26. The Morgan fingerprint density at radius 1 is 1.22 bits per heavy atom. The lowest BCUT2D eigenvalue weighted by molar-refractivity contribution is -0.156. The van der Waals surface area contributed by atoms with Crippen molar-refractivity contribution >= 4 is 11.9 Å². The first-order valence-electron chi connectivity index (χ1n) is 5.74. The van der Waals surface area contributed by atoms with Crippen LogP contribution in [-0.4, -0.2) is 24.2 Å². The minimum Gasteiger partial charge on any atom is -0.481 e. The monoisotopic (exact) mass is 250 g/mol. The highest BCUT2D eigenvalue weighted by molar-refractivity contribution is 5.94. The molecule has 0 amide bonds. The van der Waals surface area contributed by atoms with E-state index in [9.17, 15) is 9.59 Å². The van der Waals surface area contributed by atoms with Gasteiger partial charge in [0.25, 0.3) is 0 Å². The van der Waals surface area contributed by atoms with Crippen LogP contribution in [0.2, 0.25) is 0 Å². The van der Waals surface area contributed by atoms with Gasteiger partial charge in [-0.1, -0.05) is 17.7 Å². The molecule has 4 nitrogen and oxygen atoms in total. The third-order valence-electron chi connectivity index (χ3n) is 3.03. The molecular weight excluding hydrogens is 232 g/mol. The van der Waals surface area contributed by atoms with Crippen molar-refractivity contribution in [2.24, 2.45) is 5.92 Å². The highest BCUT2D eigenvalue weighted by Gasteiger charge is 2.28. The Morgan fingerprint density at radius 2 is 1.72 bits per heavy atom. The molecule has 0 saturated carbocycles. The van der Waals surface area contributed by atoms with E-state index in [4.69, 9.17) is 5.11 Å². The average molecular weight is 250 g/mol. The summed E-state index contributed by atoms with van der Waals surface area (Å²) < 4.78 is 4.53. The summed E-state index contributed by atoms with van der Waals surface area (Å²) in [5.41, 5.74) is 4.03. The Labute approximate surface area is 107 Å². The lowest BCUT2D eigenvalue weighted by atomic mass is 9.91. The molecule has 0 aliphatic carbocycles. The molecule has 0 radical (unpaired) electrons. The summed E-state index contributed by atoms with van der Waals surface area (Å²) in [5.74, 6) is -3.00. The number of carboxylic acid groups (broad SMARTS) is 1. The highest BCUT2D eigenvalue weighted by Crippen LogP contribution is 2.20. The van der Waals surface area contributed by atoms with Gasteiger partial charge in [0.05, 0.1) is 7.11 Å². The number of methoxy groups -OCH3 is 1. The van der Waals surface area contributed by atoms with Crippen molar-refractivity contribution in [1.29, 1.82) is 0 Å². The van der Waals surface area contributed by atoms with Crippen LogP contribution in [0.1, 0.15) is 22.3 Å². The number of hydrogen-bond donors (Lipinski definition) is 1. The normalized spacial score (nSPS) is 12.0. The lowest BCUT2D eigenvalue weighted by Crippen LogP contribution is -2.27. The Morgan fingerprint density at radius 3 is 2.11 bits per heavy atom. The fraction of sp³-hybridized carbons (Fsp3) is 0.429. The van der Waals surface area contributed by atoms with E-state index in [1.54, 1.807) is 0 Å². The van der Waals surface area contributed by atoms with Crippen molar-refractivity contribution in [2.75, 3.05) is 7.11 Å². The summed E-state index contributed by atoms with van der Waals surface area (Å²) in [5, 5.41) is 9.07. The maximum absolute atomic E-state index is 11.4. The number of carbonyl (C=O) groups excluding carboxylic acids is 1. The number of aryl methyl sites for hydroxylation is 3. The quantitative estimate of drug-likeness (QED) is 0.656. The molecular formula is C14H18O4. The van der Waals surface area contributed by atoms with E-state index < -0.39 is 17.9 Å². The standard InChI is InChI=1S/C14H18O4/c1-8-5-9(2)11(10(3)6-8)7-12(13(15)16)14(17)18-4/h5-6,12H,7H2,1-4H3,(H,15,16). The third kappa shape index (κ3) is 3.09. The number of aliphatic carboxylic acids is 1. The van der Waals surface area contributed by atoms with E-state index in [0.29, 0.717) is 0 Å². The fourth-order valence-electron chi connectivity index (χ4n) is 2.15. The molecule has 4 heteroatoms. The van der Waals surface area contributed by atoms with Gasteiger partial charge >= 0.3 is 11.9 Å². The Hall–Kier alpha value is -1.84. The first kappa shape index (κ1) is 14.2. The van der Waals surface area contributed by atoms with Gasteiger partial charge in [0.15, 0.2) is 5.92 Å². The molecule has 0 saturated heterocycles. The van der Waals surface area contributed by atoms with E-state index in [1.807, 2.05) is 32.9 Å². The number of carbonyl (C=O) groups is 2. The SMILES string of the molecule is COC(=O)C(Cc1c(C)cc(C)cc1C)C(=O)O. The summed E-state index contributed by atoms with van der Waals surface area (Å²) in [6.45, 7) is 5.83. The molecule has 1 aromatic carbocycles. The Bertz CT molecular complexity index is 454. The molecule has 1 N–H and O–H groups in total. The largest absolute Gasteiger partial charge is 0.481 e. The molecule has 0 spiro atoms. The molecule has 1 rings (SSSR count). The Balaban J connectivity index is 3.09.